The number of pyridine rings is 1. The molecular formula is C39H52N2O9S+2. The number of carboxylic acids is 1. The first-order valence-corrected chi connectivity index (χ1v) is 19.2. The van der Waals surface area contributed by atoms with Crippen LogP contribution in [0.25, 0.3) is 21.8 Å². The second-order valence-electron chi connectivity index (χ2n) is 13.9. The van der Waals surface area contributed by atoms with Gasteiger partial charge in [0.15, 0.2) is 6.54 Å². The smallest absolute Gasteiger partial charge is 0.345 e. The SMILES string of the molecule is CCCC[N+](C)(C)CCCCCCOc1ccc2c(c1)c(C(=O)Oc1c(C)cc(C(=O)O)cc1C)c1cc(OC)ccc1[n+]2CCCS(=O)(=O)O. The molecule has 0 atom stereocenters. The number of aromatic carboxylic acids is 1. The standard InChI is InChI=1S/C39H50N2O9S/c1-7-8-19-41(4,5)20-11-9-10-12-21-49-31-15-17-35-33(26-31)36(39(44)50-37-27(2)23-29(38(42)43)24-28(37)3)32-25-30(48-6)14-16-34(32)40(35)18-13-22-51(45,46)47/h14-17,23-26H,7-13,18-22H2,1-6H3/p+2. The van der Waals surface area contributed by atoms with Crippen molar-refractivity contribution in [3.05, 3.63) is 70.8 Å². The van der Waals surface area contributed by atoms with E-state index in [9.17, 15) is 27.7 Å². The Morgan fingerprint density at radius 1 is 0.824 bits per heavy atom. The Balaban J connectivity index is 1.70. The Bertz CT molecular complexity index is 1970. The number of aryl methyl sites for hydroxylation is 3. The lowest BCUT2D eigenvalue weighted by molar-refractivity contribution is -0.890. The fourth-order valence-electron chi connectivity index (χ4n) is 6.52. The van der Waals surface area contributed by atoms with E-state index in [-0.39, 0.29) is 29.8 Å². The van der Waals surface area contributed by atoms with Crippen LogP contribution < -0.4 is 18.8 Å². The number of carbonyl (C=O) groups excluding carboxylic acids is 1. The van der Waals surface area contributed by atoms with Gasteiger partial charge in [-0.3, -0.25) is 4.55 Å². The molecule has 1 heterocycles. The maximum Gasteiger partial charge on any atom is 0.345 e. The molecule has 276 valence electrons. The zero-order valence-corrected chi connectivity index (χ0v) is 31.5. The first-order chi connectivity index (χ1) is 24.1. The molecule has 51 heavy (non-hydrogen) atoms. The largest absolute Gasteiger partial charge is 0.497 e. The van der Waals surface area contributed by atoms with Crippen LogP contribution in [0.5, 0.6) is 17.2 Å². The number of carbonyl (C=O) groups is 2. The molecule has 0 saturated heterocycles. The van der Waals surface area contributed by atoms with Crippen molar-refractivity contribution in [3.63, 3.8) is 0 Å². The summed E-state index contributed by atoms with van der Waals surface area (Å²) in [6.07, 6.45) is 6.76. The highest BCUT2D eigenvalue weighted by Gasteiger charge is 2.28. The number of hydrogen-bond acceptors (Lipinski definition) is 7. The molecule has 4 rings (SSSR count). The van der Waals surface area contributed by atoms with Crippen molar-refractivity contribution < 1.29 is 50.9 Å². The molecule has 4 aromatic rings. The molecule has 0 saturated carbocycles. The minimum Gasteiger partial charge on any atom is -0.497 e. The van der Waals surface area contributed by atoms with Crippen molar-refractivity contribution in [2.75, 3.05) is 46.7 Å². The molecule has 0 aliphatic carbocycles. The van der Waals surface area contributed by atoms with Crippen molar-refractivity contribution in [3.8, 4) is 17.2 Å². The average Bonchev–Trinajstić information content (AvgIpc) is 3.07. The number of fused-ring (bicyclic) bond motifs is 2. The van der Waals surface area contributed by atoms with Crippen molar-refractivity contribution in [2.24, 2.45) is 0 Å². The second kappa shape index (κ2) is 17.3. The number of esters is 1. The third-order valence-corrected chi connectivity index (χ3v) is 10.0. The molecule has 3 aromatic carbocycles. The lowest BCUT2D eigenvalue weighted by atomic mass is 10.0. The van der Waals surface area contributed by atoms with Gasteiger partial charge < -0.3 is 23.8 Å². The minimum atomic E-state index is -4.19. The van der Waals surface area contributed by atoms with E-state index in [1.54, 1.807) is 38.1 Å². The Kier molecular flexibility index (Phi) is 13.4. The lowest BCUT2D eigenvalue weighted by Crippen LogP contribution is -2.41. The van der Waals surface area contributed by atoms with Gasteiger partial charge in [-0.2, -0.15) is 13.0 Å². The predicted octanol–water partition coefficient (Wildman–Crippen LogP) is 6.92. The van der Waals surface area contributed by atoms with Crippen molar-refractivity contribution in [1.82, 2.24) is 0 Å². The summed E-state index contributed by atoms with van der Waals surface area (Å²) in [6, 6.07) is 13.7. The maximum absolute atomic E-state index is 14.3. The highest BCUT2D eigenvalue weighted by Crippen LogP contribution is 2.33. The van der Waals surface area contributed by atoms with Crippen molar-refractivity contribution in [1.29, 1.82) is 0 Å². The number of nitrogens with zero attached hydrogens (tertiary/aromatic N) is 2. The fourth-order valence-corrected chi connectivity index (χ4v) is 7.01. The molecule has 0 aliphatic heterocycles. The quantitative estimate of drug-likeness (QED) is 0.0201. The molecule has 0 unspecified atom stereocenters. The number of benzene rings is 3. The molecule has 0 radical (unpaired) electrons. The molecule has 11 nitrogen and oxygen atoms in total. The number of carboxylic acid groups (broad SMARTS) is 1. The van der Waals surface area contributed by atoms with Gasteiger partial charge in [0.05, 0.1) is 68.6 Å². The van der Waals surface area contributed by atoms with E-state index in [4.69, 9.17) is 14.2 Å². The molecule has 2 N–H and O–H groups in total. The zero-order valence-electron chi connectivity index (χ0n) is 30.7. The van der Waals surface area contributed by atoms with Gasteiger partial charge in [0.25, 0.3) is 10.1 Å². The van der Waals surface area contributed by atoms with Gasteiger partial charge in [0.1, 0.15) is 17.2 Å². The van der Waals surface area contributed by atoms with E-state index in [0.29, 0.717) is 51.0 Å². The van der Waals surface area contributed by atoms with Gasteiger partial charge in [-0.25, -0.2) is 9.59 Å². The Hall–Kier alpha value is -4.26. The number of unbranched alkanes of at least 4 members (excludes halogenated alkanes) is 4. The molecule has 0 bridgehead atoms. The van der Waals surface area contributed by atoms with Gasteiger partial charge in [-0.05, 0) is 93.5 Å². The zero-order chi connectivity index (χ0) is 37.3. The van der Waals surface area contributed by atoms with Crippen LogP contribution in [0.15, 0.2) is 48.5 Å². The summed E-state index contributed by atoms with van der Waals surface area (Å²) in [5.74, 6) is -0.834. The summed E-state index contributed by atoms with van der Waals surface area (Å²) in [5, 5.41) is 10.5. The van der Waals surface area contributed by atoms with E-state index in [1.165, 1.54) is 38.6 Å². The fraction of sp³-hybridized carbons (Fsp3) is 0.462. The number of aromatic nitrogens is 1. The van der Waals surface area contributed by atoms with Crippen LogP contribution in [-0.2, 0) is 16.7 Å². The second-order valence-corrected chi connectivity index (χ2v) is 15.4. The lowest BCUT2D eigenvalue weighted by Gasteiger charge is -2.29. The van der Waals surface area contributed by atoms with Crippen LogP contribution in [0.2, 0.25) is 0 Å². The first kappa shape index (κ1) is 39.5. The van der Waals surface area contributed by atoms with Crippen LogP contribution in [0.1, 0.15) is 83.7 Å². The molecule has 12 heteroatoms. The predicted molar refractivity (Wildman–Crippen MR) is 198 cm³/mol. The Morgan fingerprint density at radius 2 is 1.41 bits per heavy atom. The number of methoxy groups -OCH3 is 1. The molecule has 0 amide bonds. The summed E-state index contributed by atoms with van der Waals surface area (Å²) in [4.78, 5) is 25.9. The van der Waals surface area contributed by atoms with Crippen LogP contribution in [0, 0.1) is 13.8 Å². The highest BCUT2D eigenvalue weighted by atomic mass is 32.2. The van der Waals surface area contributed by atoms with Crippen LogP contribution in [-0.4, -0.2) is 81.2 Å². The monoisotopic (exact) mass is 724 g/mol. The van der Waals surface area contributed by atoms with Crippen molar-refractivity contribution in [2.45, 2.75) is 72.3 Å². The van der Waals surface area contributed by atoms with E-state index < -0.39 is 27.8 Å². The van der Waals surface area contributed by atoms with Gasteiger partial charge in [-0.15, -0.1) is 0 Å². The van der Waals surface area contributed by atoms with Gasteiger partial charge >= 0.3 is 11.9 Å². The normalized spacial score (nSPS) is 12.0. The average molecular weight is 725 g/mol. The third-order valence-electron chi connectivity index (χ3n) is 9.23. The Labute approximate surface area is 301 Å². The summed E-state index contributed by atoms with van der Waals surface area (Å²) in [6.45, 7) is 8.67. The summed E-state index contributed by atoms with van der Waals surface area (Å²) >= 11 is 0. The van der Waals surface area contributed by atoms with Crippen molar-refractivity contribution >= 4 is 43.9 Å². The number of quaternary nitrogens is 1. The van der Waals surface area contributed by atoms with Gasteiger partial charge in [0.2, 0.25) is 11.0 Å². The van der Waals surface area contributed by atoms with E-state index >= 15 is 0 Å². The van der Waals surface area contributed by atoms with E-state index in [2.05, 4.69) is 21.0 Å². The minimum absolute atomic E-state index is 0.0906. The van der Waals surface area contributed by atoms with E-state index in [0.717, 1.165) is 36.7 Å². The van der Waals surface area contributed by atoms with Crippen LogP contribution >= 0.6 is 0 Å². The van der Waals surface area contributed by atoms with Gasteiger partial charge in [0, 0.05) is 18.6 Å². The van der Waals surface area contributed by atoms with Gasteiger partial charge in [-0.1, -0.05) is 13.3 Å². The molecule has 1 aromatic heterocycles. The van der Waals surface area contributed by atoms with E-state index in [1.807, 2.05) is 16.7 Å². The Morgan fingerprint density at radius 3 is 2.00 bits per heavy atom. The summed E-state index contributed by atoms with van der Waals surface area (Å²) in [7, 11) is 1.92. The van der Waals surface area contributed by atoms with Crippen LogP contribution in [0.4, 0.5) is 0 Å². The number of hydrogen-bond donors (Lipinski definition) is 2. The molecular weight excluding hydrogens is 673 g/mol. The van der Waals surface area contributed by atoms with Crippen LogP contribution in [0.3, 0.4) is 0 Å². The summed E-state index contributed by atoms with van der Waals surface area (Å²) < 4.78 is 53.3. The third kappa shape index (κ3) is 10.6. The first-order valence-electron chi connectivity index (χ1n) is 17.6. The maximum atomic E-state index is 14.3. The molecule has 0 spiro atoms. The molecule has 0 aliphatic rings. The number of ether oxygens (including phenoxy) is 3. The topological polar surface area (TPSA) is 140 Å². The number of rotatable bonds is 19. The summed E-state index contributed by atoms with van der Waals surface area (Å²) in [5.41, 5.74) is 2.60. The highest BCUT2D eigenvalue weighted by molar-refractivity contribution is 7.85. The molecule has 0 fully saturated rings.